The summed E-state index contributed by atoms with van der Waals surface area (Å²) in [6, 6.07) is 4.91. The lowest BCUT2D eigenvalue weighted by Gasteiger charge is -2.35. The number of methoxy groups -OCH3 is 3. The minimum atomic E-state index is -0.641. The number of rotatable bonds is 8. The van der Waals surface area contributed by atoms with Crippen LogP contribution in [0.2, 0.25) is 0 Å². The van der Waals surface area contributed by atoms with Gasteiger partial charge in [0.15, 0.2) is 11.5 Å². The molecule has 1 fully saturated rings. The molecule has 0 spiro atoms. The Balaban J connectivity index is 2.15. The van der Waals surface area contributed by atoms with Gasteiger partial charge in [-0.15, -0.1) is 0 Å². The number of nitrogens with zero attached hydrogens (tertiary/aromatic N) is 2. The van der Waals surface area contributed by atoms with E-state index in [1.807, 2.05) is 17.0 Å². The predicted molar refractivity (Wildman–Crippen MR) is 101 cm³/mol. The standard InChI is InChI=1S/C19H27N3O6/c1-21(12-17(24)27-3)16(23)10-14-19(25)20-8-9-22(14)11-13-6-5-7-15(26-2)18(13)28-4/h5-7,14H,8-12H2,1-4H3,(H,20,25). The second-order valence-electron chi connectivity index (χ2n) is 6.46. The molecule has 0 radical (unpaired) electrons. The summed E-state index contributed by atoms with van der Waals surface area (Å²) in [6.07, 6.45) is -0.0361. The normalized spacial score (nSPS) is 16.9. The van der Waals surface area contributed by atoms with E-state index in [1.165, 1.54) is 19.1 Å². The molecule has 1 aromatic carbocycles. The fourth-order valence-corrected chi connectivity index (χ4v) is 3.14. The van der Waals surface area contributed by atoms with Crippen LogP contribution >= 0.6 is 0 Å². The molecule has 2 amide bonds. The first kappa shape index (κ1) is 21.5. The van der Waals surface area contributed by atoms with E-state index in [9.17, 15) is 14.4 Å². The highest BCUT2D eigenvalue weighted by Crippen LogP contribution is 2.32. The van der Waals surface area contributed by atoms with Gasteiger partial charge >= 0.3 is 5.97 Å². The van der Waals surface area contributed by atoms with E-state index < -0.39 is 12.0 Å². The molecule has 28 heavy (non-hydrogen) atoms. The molecule has 1 heterocycles. The Bertz CT molecular complexity index is 724. The van der Waals surface area contributed by atoms with Crippen LogP contribution < -0.4 is 14.8 Å². The highest BCUT2D eigenvalue weighted by molar-refractivity contribution is 5.90. The third kappa shape index (κ3) is 5.13. The van der Waals surface area contributed by atoms with Crippen LogP contribution in [0.3, 0.4) is 0 Å². The zero-order chi connectivity index (χ0) is 20.7. The molecular weight excluding hydrogens is 366 g/mol. The molecule has 154 valence electrons. The van der Waals surface area contributed by atoms with Crippen molar-refractivity contribution in [3.63, 3.8) is 0 Å². The van der Waals surface area contributed by atoms with E-state index in [-0.39, 0.29) is 24.8 Å². The summed E-state index contributed by atoms with van der Waals surface area (Å²) in [6.45, 7) is 1.35. The van der Waals surface area contributed by atoms with Gasteiger partial charge in [0.2, 0.25) is 11.8 Å². The van der Waals surface area contributed by atoms with Crippen molar-refractivity contribution in [1.29, 1.82) is 0 Å². The lowest BCUT2D eigenvalue weighted by Crippen LogP contribution is -2.56. The maximum Gasteiger partial charge on any atom is 0.325 e. The average molecular weight is 393 g/mol. The summed E-state index contributed by atoms with van der Waals surface area (Å²) in [7, 11) is 5.90. The molecule has 1 N–H and O–H groups in total. The van der Waals surface area contributed by atoms with E-state index in [2.05, 4.69) is 10.1 Å². The Hall–Kier alpha value is -2.81. The Morgan fingerprint density at radius 3 is 2.64 bits per heavy atom. The van der Waals surface area contributed by atoms with Gasteiger partial charge in [-0.2, -0.15) is 0 Å². The Kier molecular flexibility index (Phi) is 7.62. The number of benzene rings is 1. The zero-order valence-electron chi connectivity index (χ0n) is 16.7. The van der Waals surface area contributed by atoms with E-state index in [1.54, 1.807) is 20.3 Å². The van der Waals surface area contributed by atoms with Crippen LogP contribution in [0.1, 0.15) is 12.0 Å². The number of para-hydroxylation sites is 1. The molecule has 1 aliphatic rings. The van der Waals surface area contributed by atoms with Gasteiger partial charge < -0.3 is 24.4 Å². The number of hydrogen-bond acceptors (Lipinski definition) is 7. The first-order chi connectivity index (χ1) is 13.4. The summed E-state index contributed by atoms with van der Waals surface area (Å²) in [5.41, 5.74) is 0.858. The predicted octanol–water partition coefficient (Wildman–Crippen LogP) is 0.0257. The van der Waals surface area contributed by atoms with Crippen LogP contribution in [-0.2, 0) is 25.7 Å². The van der Waals surface area contributed by atoms with Crippen molar-refractivity contribution in [2.24, 2.45) is 0 Å². The lowest BCUT2D eigenvalue weighted by atomic mass is 10.1. The van der Waals surface area contributed by atoms with Gasteiger partial charge in [-0.25, -0.2) is 0 Å². The number of hydrogen-bond donors (Lipinski definition) is 1. The number of nitrogens with one attached hydrogen (secondary N) is 1. The minimum Gasteiger partial charge on any atom is -0.493 e. The third-order valence-corrected chi connectivity index (χ3v) is 4.69. The monoisotopic (exact) mass is 393 g/mol. The molecule has 1 atom stereocenters. The average Bonchev–Trinajstić information content (AvgIpc) is 2.69. The van der Waals surface area contributed by atoms with Crippen molar-refractivity contribution in [2.45, 2.75) is 19.0 Å². The number of ether oxygens (including phenoxy) is 3. The van der Waals surface area contributed by atoms with Crippen LogP contribution in [-0.4, -0.2) is 81.6 Å². The summed E-state index contributed by atoms with van der Waals surface area (Å²) < 4.78 is 15.4. The van der Waals surface area contributed by atoms with Gasteiger partial charge in [-0.1, -0.05) is 12.1 Å². The highest BCUT2D eigenvalue weighted by Gasteiger charge is 2.33. The molecule has 1 aliphatic heterocycles. The van der Waals surface area contributed by atoms with E-state index in [0.717, 1.165) is 5.56 Å². The van der Waals surface area contributed by atoms with E-state index in [4.69, 9.17) is 9.47 Å². The first-order valence-corrected chi connectivity index (χ1v) is 8.93. The Morgan fingerprint density at radius 1 is 1.25 bits per heavy atom. The van der Waals surface area contributed by atoms with Crippen LogP contribution in [0.4, 0.5) is 0 Å². The van der Waals surface area contributed by atoms with Gasteiger partial charge in [-0.3, -0.25) is 19.3 Å². The minimum absolute atomic E-state index is 0.0361. The van der Waals surface area contributed by atoms with Gasteiger partial charge in [-0.05, 0) is 6.07 Å². The van der Waals surface area contributed by atoms with Crippen molar-refractivity contribution in [1.82, 2.24) is 15.1 Å². The number of amides is 2. The largest absolute Gasteiger partial charge is 0.493 e. The fourth-order valence-electron chi connectivity index (χ4n) is 3.14. The second kappa shape index (κ2) is 9.93. The zero-order valence-corrected chi connectivity index (χ0v) is 16.7. The molecule has 0 bridgehead atoms. The fraction of sp³-hybridized carbons (Fsp3) is 0.526. The maximum absolute atomic E-state index is 12.5. The number of piperazine rings is 1. The molecule has 9 heteroatoms. The first-order valence-electron chi connectivity index (χ1n) is 8.93. The summed E-state index contributed by atoms with van der Waals surface area (Å²) in [5.74, 6) is 0.167. The van der Waals surface area contributed by atoms with Crippen LogP contribution in [0.15, 0.2) is 18.2 Å². The summed E-state index contributed by atoms with van der Waals surface area (Å²) in [5, 5.41) is 2.80. The lowest BCUT2D eigenvalue weighted by molar-refractivity contribution is -0.147. The van der Waals surface area contributed by atoms with Crippen LogP contribution in [0.5, 0.6) is 11.5 Å². The van der Waals surface area contributed by atoms with Crippen molar-refractivity contribution < 1.29 is 28.6 Å². The molecule has 9 nitrogen and oxygen atoms in total. The number of carbonyl (C=O) groups is 3. The van der Waals surface area contributed by atoms with Crippen LogP contribution in [0, 0.1) is 0 Å². The number of likely N-dealkylation sites (N-methyl/N-ethyl adjacent to an activating group) is 1. The Labute approximate surface area is 164 Å². The molecule has 2 rings (SSSR count). The van der Waals surface area contributed by atoms with Gasteiger partial charge in [0, 0.05) is 32.2 Å². The number of carbonyl (C=O) groups excluding carboxylic acids is 3. The Morgan fingerprint density at radius 2 is 2.00 bits per heavy atom. The van der Waals surface area contributed by atoms with Crippen molar-refractivity contribution in [3.05, 3.63) is 23.8 Å². The molecule has 0 saturated carbocycles. The molecule has 0 aliphatic carbocycles. The van der Waals surface area contributed by atoms with Gasteiger partial charge in [0.05, 0.1) is 33.8 Å². The molecule has 1 saturated heterocycles. The third-order valence-electron chi connectivity index (χ3n) is 4.69. The number of esters is 1. The van der Waals surface area contributed by atoms with Gasteiger partial charge in [0.25, 0.3) is 0 Å². The smallest absolute Gasteiger partial charge is 0.325 e. The topological polar surface area (TPSA) is 97.4 Å². The SMILES string of the molecule is COC(=O)CN(C)C(=O)CC1C(=O)NCCN1Cc1cccc(OC)c1OC. The quantitative estimate of drug-likeness (QED) is 0.622. The molecule has 0 aromatic heterocycles. The van der Waals surface area contributed by atoms with Crippen molar-refractivity contribution in [2.75, 3.05) is 48.0 Å². The molecular formula is C19H27N3O6. The molecule has 1 unspecified atom stereocenters. The molecule has 1 aromatic rings. The van der Waals surface area contributed by atoms with E-state index >= 15 is 0 Å². The second-order valence-corrected chi connectivity index (χ2v) is 6.46. The van der Waals surface area contributed by atoms with E-state index in [0.29, 0.717) is 31.1 Å². The maximum atomic E-state index is 12.5. The highest BCUT2D eigenvalue weighted by atomic mass is 16.5. The van der Waals surface area contributed by atoms with Crippen molar-refractivity contribution in [3.8, 4) is 11.5 Å². The summed E-state index contributed by atoms with van der Waals surface area (Å²) in [4.78, 5) is 39.5. The van der Waals surface area contributed by atoms with Gasteiger partial charge in [0.1, 0.15) is 6.54 Å². The van der Waals surface area contributed by atoms with Crippen molar-refractivity contribution >= 4 is 17.8 Å². The van der Waals surface area contributed by atoms with Crippen LogP contribution in [0.25, 0.3) is 0 Å². The summed E-state index contributed by atoms with van der Waals surface area (Å²) >= 11 is 0.